The number of nitrogens with two attached hydrogens (primary N) is 1. The molecule has 0 aliphatic heterocycles. The number of nitrogens with zero attached hydrogens (tertiary/aromatic N) is 1. The van der Waals surface area contributed by atoms with Crippen LogP contribution in [0.3, 0.4) is 0 Å². The highest BCUT2D eigenvalue weighted by atomic mass is 127. The number of primary amides is 1. The molecule has 0 saturated heterocycles. The maximum atomic E-state index is 11.9. The van der Waals surface area contributed by atoms with Gasteiger partial charge in [-0.05, 0) is 70.6 Å². The molecule has 0 spiro atoms. The number of halogens is 1. The van der Waals surface area contributed by atoms with Crippen LogP contribution in [0.15, 0.2) is 53.6 Å². The van der Waals surface area contributed by atoms with Gasteiger partial charge in [0.2, 0.25) is 0 Å². The Morgan fingerprint density at radius 2 is 1.96 bits per heavy atom. The van der Waals surface area contributed by atoms with Gasteiger partial charge in [0.1, 0.15) is 5.75 Å². The largest absolute Gasteiger partial charge is 0.484 e. The van der Waals surface area contributed by atoms with Gasteiger partial charge in [-0.2, -0.15) is 5.10 Å². The number of ether oxygens (including phenoxy) is 1. The second kappa shape index (κ2) is 8.28. The second-order valence-electron chi connectivity index (χ2n) is 4.53. The Bertz CT molecular complexity index is 730. The first-order valence-electron chi connectivity index (χ1n) is 6.65. The Morgan fingerprint density at radius 3 is 2.61 bits per heavy atom. The van der Waals surface area contributed by atoms with E-state index in [4.69, 9.17) is 10.5 Å². The topological polar surface area (TPSA) is 93.8 Å². The van der Waals surface area contributed by atoms with E-state index in [2.05, 4.69) is 33.1 Å². The number of carbonyl (C=O) groups is 2. The van der Waals surface area contributed by atoms with E-state index in [0.717, 1.165) is 9.13 Å². The first kappa shape index (κ1) is 16.9. The van der Waals surface area contributed by atoms with Crippen LogP contribution in [0.2, 0.25) is 0 Å². The van der Waals surface area contributed by atoms with Crippen LogP contribution in [0.5, 0.6) is 5.75 Å². The van der Waals surface area contributed by atoms with E-state index in [9.17, 15) is 9.59 Å². The molecule has 0 fully saturated rings. The van der Waals surface area contributed by atoms with E-state index in [1.165, 1.54) is 6.21 Å². The van der Waals surface area contributed by atoms with Crippen LogP contribution in [0.1, 0.15) is 15.9 Å². The minimum atomic E-state index is -0.533. The number of amides is 2. The van der Waals surface area contributed by atoms with Gasteiger partial charge < -0.3 is 10.5 Å². The highest BCUT2D eigenvalue weighted by Gasteiger charge is 2.03. The highest BCUT2D eigenvalue weighted by Crippen LogP contribution is 2.11. The smallest absolute Gasteiger partial charge is 0.271 e. The van der Waals surface area contributed by atoms with Gasteiger partial charge in [0.05, 0.1) is 6.21 Å². The van der Waals surface area contributed by atoms with Crippen molar-refractivity contribution >= 4 is 40.6 Å². The minimum absolute atomic E-state index is 0.167. The van der Waals surface area contributed by atoms with Crippen molar-refractivity contribution in [3.8, 4) is 5.75 Å². The van der Waals surface area contributed by atoms with E-state index in [1.807, 2.05) is 12.1 Å². The van der Waals surface area contributed by atoms with Crippen LogP contribution < -0.4 is 15.9 Å². The molecule has 0 aliphatic rings. The fraction of sp³-hybridized carbons (Fsp3) is 0.0625. The Balaban J connectivity index is 1.90. The van der Waals surface area contributed by atoms with Gasteiger partial charge in [0.25, 0.3) is 11.8 Å². The van der Waals surface area contributed by atoms with Crippen molar-refractivity contribution in [1.82, 2.24) is 5.43 Å². The molecule has 0 aliphatic carbocycles. The summed E-state index contributed by atoms with van der Waals surface area (Å²) in [6.45, 7) is -0.167. The molecule has 2 aromatic rings. The molecule has 0 radical (unpaired) electrons. The molecule has 6 nitrogen and oxygen atoms in total. The number of nitrogens with one attached hydrogen (secondary N) is 1. The summed E-state index contributed by atoms with van der Waals surface area (Å²) >= 11 is 2.14. The zero-order chi connectivity index (χ0) is 16.7. The molecule has 0 bridgehead atoms. The zero-order valence-electron chi connectivity index (χ0n) is 12.0. The molecule has 0 unspecified atom stereocenters. The third-order valence-electron chi connectivity index (χ3n) is 2.73. The number of hydrogen-bond donors (Lipinski definition) is 2. The molecule has 0 atom stereocenters. The number of hydrazone groups is 1. The number of hydrogen-bond acceptors (Lipinski definition) is 4. The van der Waals surface area contributed by atoms with Crippen LogP contribution in [0.4, 0.5) is 0 Å². The lowest BCUT2D eigenvalue weighted by atomic mass is 10.2. The van der Waals surface area contributed by atoms with Gasteiger partial charge in [-0.25, -0.2) is 5.43 Å². The summed E-state index contributed by atoms with van der Waals surface area (Å²) in [6, 6.07) is 14.1. The Morgan fingerprint density at radius 1 is 1.22 bits per heavy atom. The van der Waals surface area contributed by atoms with Crippen LogP contribution in [-0.4, -0.2) is 24.6 Å². The lowest BCUT2D eigenvalue weighted by molar-refractivity contribution is -0.119. The van der Waals surface area contributed by atoms with Crippen molar-refractivity contribution < 1.29 is 14.3 Å². The van der Waals surface area contributed by atoms with Gasteiger partial charge in [-0.3, -0.25) is 9.59 Å². The molecular weight excluding hydrogens is 409 g/mol. The van der Waals surface area contributed by atoms with Crippen molar-refractivity contribution in [1.29, 1.82) is 0 Å². The van der Waals surface area contributed by atoms with Crippen LogP contribution >= 0.6 is 22.6 Å². The molecule has 0 heterocycles. The molecule has 2 aromatic carbocycles. The third kappa shape index (κ3) is 5.70. The number of benzene rings is 2. The SMILES string of the molecule is NC(=O)COc1ccc(/C=N\NC(=O)c2cccc(I)c2)cc1. The van der Waals surface area contributed by atoms with Crippen molar-refractivity contribution in [3.05, 3.63) is 63.2 Å². The van der Waals surface area contributed by atoms with Crippen molar-refractivity contribution in [3.63, 3.8) is 0 Å². The Labute approximate surface area is 146 Å². The summed E-state index contributed by atoms with van der Waals surface area (Å²) in [5.74, 6) is -0.279. The molecule has 2 rings (SSSR count). The van der Waals surface area contributed by atoms with Crippen molar-refractivity contribution in [2.24, 2.45) is 10.8 Å². The predicted octanol–water partition coefficient (Wildman–Crippen LogP) is 1.92. The van der Waals surface area contributed by atoms with E-state index in [-0.39, 0.29) is 12.5 Å². The van der Waals surface area contributed by atoms with Gasteiger partial charge in [0.15, 0.2) is 6.61 Å². The number of rotatable bonds is 6. The fourth-order valence-corrected chi connectivity index (χ4v) is 2.21. The van der Waals surface area contributed by atoms with Gasteiger partial charge >= 0.3 is 0 Å². The Hall–Kier alpha value is -2.42. The summed E-state index contributed by atoms with van der Waals surface area (Å²) < 4.78 is 6.12. The van der Waals surface area contributed by atoms with Gasteiger partial charge in [0, 0.05) is 9.13 Å². The maximum absolute atomic E-state index is 11.9. The second-order valence-corrected chi connectivity index (χ2v) is 5.78. The van der Waals surface area contributed by atoms with Gasteiger partial charge in [-0.1, -0.05) is 6.07 Å². The standard InChI is InChI=1S/C16H14IN3O3/c17-13-3-1-2-12(8-13)16(22)20-19-9-11-4-6-14(7-5-11)23-10-15(18)21/h1-9H,10H2,(H2,18,21)(H,20,22)/b19-9-. The minimum Gasteiger partial charge on any atom is -0.484 e. The molecule has 118 valence electrons. The molecule has 2 amide bonds. The predicted molar refractivity (Wildman–Crippen MR) is 95.4 cm³/mol. The first-order chi connectivity index (χ1) is 11.0. The molecule has 0 aromatic heterocycles. The molecule has 23 heavy (non-hydrogen) atoms. The molecule has 0 saturated carbocycles. The monoisotopic (exact) mass is 423 g/mol. The first-order valence-corrected chi connectivity index (χ1v) is 7.72. The zero-order valence-corrected chi connectivity index (χ0v) is 14.2. The lowest BCUT2D eigenvalue weighted by Crippen LogP contribution is -2.20. The molecular formula is C16H14IN3O3. The quantitative estimate of drug-likeness (QED) is 0.423. The van der Waals surface area contributed by atoms with Crippen molar-refractivity contribution in [2.45, 2.75) is 0 Å². The van der Waals surface area contributed by atoms with Crippen LogP contribution in [0.25, 0.3) is 0 Å². The maximum Gasteiger partial charge on any atom is 0.271 e. The van der Waals surface area contributed by atoms with Crippen LogP contribution in [0, 0.1) is 3.57 Å². The fourth-order valence-electron chi connectivity index (χ4n) is 1.66. The Kier molecular flexibility index (Phi) is 6.10. The molecule has 7 heteroatoms. The van der Waals surface area contributed by atoms with E-state index >= 15 is 0 Å². The third-order valence-corrected chi connectivity index (χ3v) is 3.40. The summed E-state index contributed by atoms with van der Waals surface area (Å²) in [5, 5.41) is 3.91. The van der Waals surface area contributed by atoms with Crippen LogP contribution in [-0.2, 0) is 4.79 Å². The molecule has 3 N–H and O–H groups in total. The average Bonchev–Trinajstić information content (AvgIpc) is 2.54. The van der Waals surface area contributed by atoms with E-state index < -0.39 is 5.91 Å². The van der Waals surface area contributed by atoms with E-state index in [1.54, 1.807) is 36.4 Å². The number of carbonyl (C=O) groups excluding carboxylic acids is 2. The summed E-state index contributed by atoms with van der Waals surface area (Å²) in [5.41, 5.74) is 8.78. The van der Waals surface area contributed by atoms with E-state index in [0.29, 0.717) is 11.3 Å². The summed E-state index contributed by atoms with van der Waals surface area (Å²) in [4.78, 5) is 22.5. The highest BCUT2D eigenvalue weighted by molar-refractivity contribution is 14.1. The summed E-state index contributed by atoms with van der Waals surface area (Å²) in [7, 11) is 0. The lowest BCUT2D eigenvalue weighted by Gasteiger charge is -2.03. The normalized spacial score (nSPS) is 10.5. The average molecular weight is 423 g/mol. The van der Waals surface area contributed by atoms with Crippen molar-refractivity contribution in [2.75, 3.05) is 6.61 Å². The van der Waals surface area contributed by atoms with Gasteiger partial charge in [-0.15, -0.1) is 0 Å². The summed E-state index contributed by atoms with van der Waals surface area (Å²) in [6.07, 6.45) is 1.52.